The average Bonchev–Trinajstić information content (AvgIpc) is 3.49. The van der Waals surface area contributed by atoms with Crippen molar-refractivity contribution >= 4 is 17.9 Å². The van der Waals surface area contributed by atoms with Crippen molar-refractivity contribution in [1.82, 2.24) is 0 Å². The molecule has 0 aliphatic heterocycles. The number of carbonyl (C=O) groups is 3. The Bertz CT molecular complexity index is 1430. The lowest BCUT2D eigenvalue weighted by Gasteiger charge is -2.18. The molecule has 0 aliphatic carbocycles. The molecule has 6 nitrogen and oxygen atoms in total. The lowest BCUT2D eigenvalue weighted by molar-refractivity contribution is -0.167. The summed E-state index contributed by atoms with van der Waals surface area (Å²) in [5.41, 5.74) is 0. The zero-order valence-corrected chi connectivity index (χ0v) is 56.0. The van der Waals surface area contributed by atoms with Crippen molar-refractivity contribution in [2.75, 3.05) is 13.2 Å². The molecule has 1 atom stereocenters. The van der Waals surface area contributed by atoms with Crippen LogP contribution in [0.3, 0.4) is 0 Å². The number of allylic oxidation sites excluding steroid dienone is 8. The lowest BCUT2D eigenvalue weighted by Crippen LogP contribution is -2.30. The topological polar surface area (TPSA) is 78.9 Å². The van der Waals surface area contributed by atoms with Gasteiger partial charge in [0.05, 0.1) is 0 Å². The van der Waals surface area contributed by atoms with Gasteiger partial charge in [0.2, 0.25) is 0 Å². The fourth-order valence-electron chi connectivity index (χ4n) is 11.3. The van der Waals surface area contributed by atoms with Crippen molar-refractivity contribution in [2.45, 2.75) is 412 Å². The van der Waals surface area contributed by atoms with E-state index >= 15 is 0 Å². The van der Waals surface area contributed by atoms with E-state index in [1.54, 1.807) is 0 Å². The average molecular weight is 1160 g/mol. The van der Waals surface area contributed by atoms with Crippen molar-refractivity contribution in [3.63, 3.8) is 0 Å². The summed E-state index contributed by atoms with van der Waals surface area (Å²) in [6.45, 7) is 6.59. The lowest BCUT2D eigenvalue weighted by atomic mass is 10.0. The summed E-state index contributed by atoms with van der Waals surface area (Å²) in [6, 6.07) is 0. The van der Waals surface area contributed by atoms with Crippen LogP contribution in [0.5, 0.6) is 0 Å². The molecule has 1 unspecified atom stereocenters. The fourth-order valence-corrected chi connectivity index (χ4v) is 11.3. The minimum atomic E-state index is -0.782. The van der Waals surface area contributed by atoms with Gasteiger partial charge in [0.15, 0.2) is 6.10 Å². The third-order valence-electron chi connectivity index (χ3n) is 16.8. The number of hydrogen-bond donors (Lipinski definition) is 0. The molecule has 486 valence electrons. The fraction of sp³-hybridized carbons (Fsp3) is 0.857. The third-order valence-corrected chi connectivity index (χ3v) is 16.8. The van der Waals surface area contributed by atoms with Crippen LogP contribution in [0, 0.1) is 0 Å². The standard InChI is InChI=1S/C77H142O6/c1-4-7-10-13-16-19-22-25-28-31-33-34-35-36-37-38-39-40-41-42-43-44-47-49-52-55-58-61-64-67-70-76(79)82-73-74(72-81-75(78)69-66-63-60-57-54-51-48-45-30-27-24-21-18-15-12-9-6-3)83-77(80)71-68-65-62-59-56-53-50-46-32-29-26-23-20-17-14-11-8-5-2/h9,12,18,21,27,30,48,51,74H,4-8,10-11,13-17,19-20,22-26,28-29,31-47,49-50,52-73H2,1-3H3/b12-9-,21-18-,30-27-,51-48-. The van der Waals surface area contributed by atoms with E-state index in [4.69, 9.17) is 14.2 Å². The Morgan fingerprint density at radius 2 is 0.470 bits per heavy atom. The highest BCUT2D eigenvalue weighted by atomic mass is 16.6. The van der Waals surface area contributed by atoms with Crippen molar-refractivity contribution in [3.05, 3.63) is 48.6 Å². The molecule has 0 fully saturated rings. The molecule has 0 spiro atoms. The van der Waals surface area contributed by atoms with Gasteiger partial charge in [-0.1, -0.05) is 378 Å². The molecule has 0 aliphatic rings. The van der Waals surface area contributed by atoms with E-state index in [2.05, 4.69) is 69.4 Å². The number of unbranched alkanes of at least 4 members (excludes halogenated alkanes) is 50. The van der Waals surface area contributed by atoms with E-state index in [1.165, 1.54) is 270 Å². The molecule has 6 heteroatoms. The van der Waals surface area contributed by atoms with Crippen LogP contribution in [0.15, 0.2) is 48.6 Å². The zero-order chi connectivity index (χ0) is 59.9. The van der Waals surface area contributed by atoms with Crippen LogP contribution in [-0.4, -0.2) is 37.2 Å². The minimum Gasteiger partial charge on any atom is -0.462 e. The van der Waals surface area contributed by atoms with Gasteiger partial charge >= 0.3 is 17.9 Å². The highest BCUT2D eigenvalue weighted by molar-refractivity contribution is 5.71. The van der Waals surface area contributed by atoms with Gasteiger partial charge < -0.3 is 14.2 Å². The zero-order valence-electron chi connectivity index (χ0n) is 56.0. The summed E-state index contributed by atoms with van der Waals surface area (Å²) in [5, 5.41) is 0. The largest absolute Gasteiger partial charge is 0.462 e. The summed E-state index contributed by atoms with van der Waals surface area (Å²) in [4.78, 5) is 38.5. The second-order valence-electron chi connectivity index (χ2n) is 25.2. The van der Waals surface area contributed by atoms with Crippen LogP contribution in [0.1, 0.15) is 406 Å². The SMILES string of the molecule is CC/C=C\C/C=C\C/C=C\C/C=C\CCCCCCC(=O)OCC(COC(=O)CCCCCCCCCCCCCCCCCCCCCCCCCCCCCCCC)OC(=O)CCCCCCCCCCCCCCCCCCCC. The Kier molecular flexibility index (Phi) is 69.6. The predicted molar refractivity (Wildman–Crippen MR) is 362 cm³/mol. The summed E-state index contributed by atoms with van der Waals surface area (Å²) >= 11 is 0. The molecule has 0 radical (unpaired) electrons. The van der Waals surface area contributed by atoms with Crippen LogP contribution in [0.2, 0.25) is 0 Å². The quantitative estimate of drug-likeness (QED) is 0.0261. The number of hydrogen-bond acceptors (Lipinski definition) is 6. The van der Waals surface area contributed by atoms with Crippen molar-refractivity contribution < 1.29 is 28.6 Å². The van der Waals surface area contributed by atoms with E-state index in [1.807, 2.05) is 0 Å². The van der Waals surface area contributed by atoms with Crippen LogP contribution >= 0.6 is 0 Å². The van der Waals surface area contributed by atoms with Crippen molar-refractivity contribution in [3.8, 4) is 0 Å². The van der Waals surface area contributed by atoms with Gasteiger partial charge in [-0.05, 0) is 57.8 Å². The molecular weight excluding hydrogens is 1020 g/mol. The monoisotopic (exact) mass is 1160 g/mol. The molecule has 0 aromatic rings. The molecule has 83 heavy (non-hydrogen) atoms. The smallest absolute Gasteiger partial charge is 0.306 e. The number of esters is 3. The molecule has 0 heterocycles. The van der Waals surface area contributed by atoms with E-state index in [0.29, 0.717) is 19.3 Å². The van der Waals surface area contributed by atoms with E-state index < -0.39 is 6.10 Å². The molecule has 0 saturated heterocycles. The molecule has 0 aromatic heterocycles. The molecule has 0 N–H and O–H groups in total. The Hall–Kier alpha value is -2.63. The predicted octanol–water partition coefficient (Wildman–Crippen LogP) is 25.7. The second kappa shape index (κ2) is 71.8. The van der Waals surface area contributed by atoms with Crippen molar-refractivity contribution in [2.24, 2.45) is 0 Å². The maximum absolute atomic E-state index is 13.0. The molecule has 0 aromatic carbocycles. The highest BCUT2D eigenvalue weighted by Gasteiger charge is 2.19. The number of carbonyl (C=O) groups excluding carboxylic acids is 3. The minimum absolute atomic E-state index is 0.0755. The van der Waals surface area contributed by atoms with Crippen LogP contribution in [-0.2, 0) is 28.6 Å². The Labute approximate surface area is 518 Å². The van der Waals surface area contributed by atoms with Crippen molar-refractivity contribution in [1.29, 1.82) is 0 Å². The summed E-state index contributed by atoms with van der Waals surface area (Å²) in [5.74, 6) is -0.870. The van der Waals surface area contributed by atoms with E-state index in [0.717, 1.165) is 96.3 Å². The maximum atomic E-state index is 13.0. The molecular formula is C77H142O6. The molecule has 0 saturated carbocycles. The van der Waals surface area contributed by atoms with Gasteiger partial charge in [-0.2, -0.15) is 0 Å². The molecule has 0 amide bonds. The van der Waals surface area contributed by atoms with Crippen LogP contribution < -0.4 is 0 Å². The van der Waals surface area contributed by atoms with Gasteiger partial charge in [0.25, 0.3) is 0 Å². The Morgan fingerprint density at radius 3 is 0.735 bits per heavy atom. The Balaban J connectivity index is 4.22. The summed E-state index contributed by atoms with van der Waals surface area (Å²) < 4.78 is 17.0. The van der Waals surface area contributed by atoms with Crippen LogP contribution in [0.4, 0.5) is 0 Å². The van der Waals surface area contributed by atoms with E-state index in [-0.39, 0.29) is 31.1 Å². The first-order chi connectivity index (χ1) is 41.0. The summed E-state index contributed by atoms with van der Waals surface area (Å²) in [7, 11) is 0. The normalized spacial score (nSPS) is 12.3. The maximum Gasteiger partial charge on any atom is 0.306 e. The van der Waals surface area contributed by atoms with Gasteiger partial charge in [0, 0.05) is 19.3 Å². The first kappa shape index (κ1) is 80.4. The molecule has 0 rings (SSSR count). The van der Waals surface area contributed by atoms with Gasteiger partial charge in [-0.25, -0.2) is 0 Å². The van der Waals surface area contributed by atoms with Gasteiger partial charge in [0.1, 0.15) is 13.2 Å². The number of ether oxygens (including phenoxy) is 3. The first-order valence-corrected chi connectivity index (χ1v) is 37.1. The van der Waals surface area contributed by atoms with E-state index in [9.17, 15) is 14.4 Å². The van der Waals surface area contributed by atoms with Gasteiger partial charge in [-0.3, -0.25) is 14.4 Å². The second-order valence-corrected chi connectivity index (χ2v) is 25.2. The third kappa shape index (κ3) is 70.0. The summed E-state index contributed by atoms with van der Waals surface area (Å²) in [6.07, 6.45) is 91.6. The van der Waals surface area contributed by atoms with Crippen LogP contribution in [0.25, 0.3) is 0 Å². The highest BCUT2D eigenvalue weighted by Crippen LogP contribution is 2.19. The first-order valence-electron chi connectivity index (χ1n) is 37.1. The number of rotatable bonds is 69. The molecule has 0 bridgehead atoms. The Morgan fingerprint density at radius 1 is 0.253 bits per heavy atom. The van der Waals surface area contributed by atoms with Gasteiger partial charge in [-0.15, -0.1) is 0 Å².